The normalized spacial score (nSPS) is 10.5. The molecule has 0 atom stereocenters. The van der Waals surface area contributed by atoms with Gasteiger partial charge in [0.2, 0.25) is 0 Å². The van der Waals surface area contributed by atoms with Crippen molar-refractivity contribution in [2.45, 2.75) is 20.0 Å². The van der Waals surface area contributed by atoms with E-state index < -0.39 is 0 Å². The number of hydrogen-bond donors (Lipinski definition) is 1. The lowest BCUT2D eigenvalue weighted by molar-refractivity contribution is 0.407. The van der Waals surface area contributed by atoms with E-state index in [4.69, 9.17) is 4.74 Å². The lowest BCUT2D eigenvalue weighted by Crippen LogP contribution is -2.22. The topological polar surface area (TPSA) is 56.1 Å². The Kier molecular flexibility index (Phi) is 4.90. The molecule has 0 fully saturated rings. The third-order valence-corrected chi connectivity index (χ3v) is 3.05. The number of benzene rings is 1. The van der Waals surface area contributed by atoms with E-state index in [0.717, 1.165) is 24.4 Å². The largest absolute Gasteiger partial charge is 0.496 e. The number of nitrogens with one attached hydrogen (secondary N) is 1. The Hall–Kier alpha value is -2.14. The lowest BCUT2D eigenvalue weighted by Gasteiger charge is -2.12. The van der Waals surface area contributed by atoms with Gasteiger partial charge in [0.25, 0.3) is 0 Å². The summed E-state index contributed by atoms with van der Waals surface area (Å²) in [6, 6.07) is 7.76. The fraction of sp³-hybridized carbons (Fsp3) is 0.333. The number of aromatic nitrogens is 2. The third-order valence-electron chi connectivity index (χ3n) is 3.05. The van der Waals surface area contributed by atoms with Gasteiger partial charge in [0.05, 0.1) is 13.7 Å². The van der Waals surface area contributed by atoms with Gasteiger partial charge in [0.15, 0.2) is 0 Å². The molecule has 0 unspecified atom stereocenters. The van der Waals surface area contributed by atoms with Crippen LogP contribution in [-0.2, 0) is 13.1 Å². The van der Waals surface area contributed by atoms with Crippen LogP contribution in [0.25, 0.3) is 0 Å². The predicted molar refractivity (Wildman–Crippen MR) is 78.0 cm³/mol. The first-order chi connectivity index (χ1) is 9.74. The molecule has 0 saturated carbocycles. The summed E-state index contributed by atoms with van der Waals surface area (Å²) >= 11 is 0. The molecular weight excluding hydrogens is 254 g/mol. The molecule has 1 aromatic carbocycles. The van der Waals surface area contributed by atoms with Crippen molar-refractivity contribution in [3.05, 3.63) is 58.3 Å². The first-order valence-electron chi connectivity index (χ1n) is 6.62. The number of rotatable bonds is 6. The molecule has 5 nitrogen and oxygen atoms in total. The first kappa shape index (κ1) is 14.3. The summed E-state index contributed by atoms with van der Waals surface area (Å²) in [6.07, 6.45) is 3.23. The summed E-state index contributed by atoms with van der Waals surface area (Å²) in [5, 5.41) is 3.28. The zero-order valence-corrected chi connectivity index (χ0v) is 11.8. The van der Waals surface area contributed by atoms with Crippen molar-refractivity contribution >= 4 is 0 Å². The van der Waals surface area contributed by atoms with Gasteiger partial charge in [0.1, 0.15) is 5.75 Å². The van der Waals surface area contributed by atoms with E-state index in [9.17, 15) is 4.79 Å². The van der Waals surface area contributed by atoms with Crippen LogP contribution in [0.5, 0.6) is 5.75 Å². The summed E-state index contributed by atoms with van der Waals surface area (Å²) in [5.41, 5.74) is 1.88. The van der Waals surface area contributed by atoms with E-state index >= 15 is 0 Å². The van der Waals surface area contributed by atoms with Gasteiger partial charge >= 0.3 is 5.69 Å². The van der Waals surface area contributed by atoms with Crippen molar-refractivity contribution in [3.8, 4) is 5.75 Å². The van der Waals surface area contributed by atoms with E-state index in [1.54, 1.807) is 23.9 Å². The van der Waals surface area contributed by atoms with Crippen LogP contribution >= 0.6 is 0 Å². The predicted octanol–water partition coefficient (Wildman–Crippen LogP) is 1.41. The second-order valence-corrected chi connectivity index (χ2v) is 4.46. The Bertz CT molecular complexity index is 623. The molecule has 0 aliphatic rings. The standard InChI is InChI=1S/C15H19N3O2/c1-3-16-10-12-5-6-14(20-2)13(9-12)11-18-8-4-7-17-15(18)19/h4-9,16H,3,10-11H2,1-2H3. The van der Waals surface area contributed by atoms with Gasteiger partial charge in [0, 0.05) is 24.5 Å². The van der Waals surface area contributed by atoms with Crippen molar-refractivity contribution in [2.75, 3.05) is 13.7 Å². The fourth-order valence-electron chi connectivity index (χ4n) is 2.03. The molecule has 1 aromatic heterocycles. The quantitative estimate of drug-likeness (QED) is 0.864. The van der Waals surface area contributed by atoms with E-state index in [-0.39, 0.29) is 5.69 Å². The Morgan fingerprint density at radius 1 is 1.40 bits per heavy atom. The minimum atomic E-state index is -0.258. The Balaban J connectivity index is 2.29. The molecule has 0 saturated heterocycles. The molecule has 2 aromatic rings. The number of nitrogens with zero attached hydrogens (tertiary/aromatic N) is 2. The van der Waals surface area contributed by atoms with Gasteiger partial charge in [-0.15, -0.1) is 0 Å². The van der Waals surface area contributed by atoms with E-state index in [0.29, 0.717) is 6.54 Å². The maximum Gasteiger partial charge on any atom is 0.347 e. The third kappa shape index (κ3) is 3.45. The highest BCUT2D eigenvalue weighted by molar-refractivity contribution is 5.37. The molecule has 0 amide bonds. The van der Waals surface area contributed by atoms with E-state index in [1.165, 1.54) is 11.8 Å². The zero-order valence-electron chi connectivity index (χ0n) is 11.8. The molecule has 106 valence electrons. The molecule has 0 aliphatic carbocycles. The molecule has 5 heteroatoms. The molecular formula is C15H19N3O2. The van der Waals surface area contributed by atoms with Crippen LogP contribution in [0.15, 0.2) is 41.5 Å². The van der Waals surface area contributed by atoms with Crippen LogP contribution in [0.2, 0.25) is 0 Å². The average Bonchev–Trinajstić information content (AvgIpc) is 2.48. The lowest BCUT2D eigenvalue weighted by atomic mass is 10.1. The second kappa shape index (κ2) is 6.86. The van der Waals surface area contributed by atoms with Crippen LogP contribution in [0.3, 0.4) is 0 Å². The fourth-order valence-corrected chi connectivity index (χ4v) is 2.03. The Morgan fingerprint density at radius 3 is 2.95 bits per heavy atom. The minimum absolute atomic E-state index is 0.258. The Labute approximate surface area is 118 Å². The van der Waals surface area contributed by atoms with Crippen LogP contribution in [0.1, 0.15) is 18.1 Å². The summed E-state index contributed by atoms with van der Waals surface area (Å²) in [6.45, 7) is 4.24. The van der Waals surface area contributed by atoms with Crippen LogP contribution in [-0.4, -0.2) is 23.2 Å². The molecule has 0 spiro atoms. The molecule has 1 N–H and O–H groups in total. The van der Waals surface area contributed by atoms with Crippen molar-refractivity contribution in [3.63, 3.8) is 0 Å². The number of ether oxygens (including phenoxy) is 1. The van der Waals surface area contributed by atoms with Gasteiger partial charge in [-0.05, 0) is 30.3 Å². The van der Waals surface area contributed by atoms with Crippen molar-refractivity contribution in [1.29, 1.82) is 0 Å². The molecule has 20 heavy (non-hydrogen) atoms. The molecule has 0 bridgehead atoms. The molecule has 1 heterocycles. The van der Waals surface area contributed by atoms with Gasteiger partial charge in [-0.2, -0.15) is 0 Å². The molecule has 2 rings (SSSR count). The maximum absolute atomic E-state index is 11.7. The first-order valence-corrected chi connectivity index (χ1v) is 6.62. The van der Waals surface area contributed by atoms with Crippen LogP contribution < -0.4 is 15.7 Å². The van der Waals surface area contributed by atoms with Crippen molar-refractivity contribution in [2.24, 2.45) is 0 Å². The zero-order chi connectivity index (χ0) is 14.4. The van der Waals surface area contributed by atoms with Crippen molar-refractivity contribution in [1.82, 2.24) is 14.9 Å². The highest BCUT2D eigenvalue weighted by Crippen LogP contribution is 2.20. The van der Waals surface area contributed by atoms with Gasteiger partial charge in [-0.3, -0.25) is 4.57 Å². The SMILES string of the molecule is CCNCc1ccc(OC)c(Cn2cccnc2=O)c1. The second-order valence-electron chi connectivity index (χ2n) is 4.46. The van der Waals surface area contributed by atoms with E-state index in [2.05, 4.69) is 23.3 Å². The van der Waals surface area contributed by atoms with E-state index in [1.807, 2.05) is 12.1 Å². The summed E-state index contributed by atoms with van der Waals surface area (Å²) in [7, 11) is 1.63. The van der Waals surface area contributed by atoms with Gasteiger partial charge < -0.3 is 10.1 Å². The number of hydrogen-bond acceptors (Lipinski definition) is 4. The summed E-state index contributed by atoms with van der Waals surface area (Å²) in [4.78, 5) is 15.4. The summed E-state index contributed by atoms with van der Waals surface area (Å²) in [5.74, 6) is 0.779. The maximum atomic E-state index is 11.7. The monoisotopic (exact) mass is 273 g/mol. The highest BCUT2D eigenvalue weighted by Gasteiger charge is 2.06. The number of methoxy groups -OCH3 is 1. The smallest absolute Gasteiger partial charge is 0.347 e. The van der Waals surface area contributed by atoms with Gasteiger partial charge in [-0.1, -0.05) is 13.0 Å². The van der Waals surface area contributed by atoms with Crippen LogP contribution in [0, 0.1) is 0 Å². The van der Waals surface area contributed by atoms with Crippen LogP contribution in [0.4, 0.5) is 0 Å². The molecule has 0 radical (unpaired) electrons. The highest BCUT2D eigenvalue weighted by atomic mass is 16.5. The van der Waals surface area contributed by atoms with Gasteiger partial charge in [-0.25, -0.2) is 9.78 Å². The summed E-state index contributed by atoms with van der Waals surface area (Å²) < 4.78 is 6.93. The minimum Gasteiger partial charge on any atom is -0.496 e. The average molecular weight is 273 g/mol. The Morgan fingerprint density at radius 2 is 2.25 bits per heavy atom. The van der Waals surface area contributed by atoms with Crippen molar-refractivity contribution < 1.29 is 4.74 Å². The molecule has 0 aliphatic heterocycles.